The number of carbonyl (C=O) groups excluding carboxylic acids is 1. The first-order valence-electron chi connectivity index (χ1n) is 9.41. The molecule has 0 unspecified atom stereocenters. The summed E-state index contributed by atoms with van der Waals surface area (Å²) >= 11 is 0. The van der Waals surface area contributed by atoms with Gasteiger partial charge in [0.25, 0.3) is 0 Å². The highest BCUT2D eigenvalue weighted by Gasteiger charge is 2.20. The van der Waals surface area contributed by atoms with E-state index >= 15 is 0 Å². The zero-order valence-corrected chi connectivity index (χ0v) is 15.2. The number of carbonyl (C=O) groups is 1. The summed E-state index contributed by atoms with van der Waals surface area (Å²) in [6.45, 7) is 2.95. The second-order valence-corrected chi connectivity index (χ2v) is 7.10. The number of pyridine rings is 1. The van der Waals surface area contributed by atoms with Gasteiger partial charge < -0.3 is 4.90 Å². The summed E-state index contributed by atoms with van der Waals surface area (Å²) in [5, 5.41) is 1.19. The van der Waals surface area contributed by atoms with E-state index in [1.165, 1.54) is 35.0 Å². The molecule has 2 aromatic carbocycles. The summed E-state index contributed by atoms with van der Waals surface area (Å²) in [6.07, 6.45) is 4.53. The average Bonchev–Trinajstić information content (AvgIpc) is 2.67. The lowest BCUT2D eigenvalue weighted by atomic mass is 9.89. The molecule has 1 aliphatic carbocycles. The number of fused-ring (bicyclic) bond motifs is 2. The van der Waals surface area contributed by atoms with E-state index in [0.717, 1.165) is 23.9 Å². The second kappa shape index (κ2) is 7.28. The number of hydrogen-bond donors (Lipinski definition) is 0. The van der Waals surface area contributed by atoms with E-state index in [0.29, 0.717) is 13.1 Å². The second-order valence-electron chi connectivity index (χ2n) is 7.10. The molecule has 3 heteroatoms. The van der Waals surface area contributed by atoms with Crippen LogP contribution in [-0.2, 0) is 30.7 Å². The van der Waals surface area contributed by atoms with E-state index in [2.05, 4.69) is 30.3 Å². The number of benzene rings is 2. The lowest BCUT2D eigenvalue weighted by Crippen LogP contribution is -2.29. The van der Waals surface area contributed by atoms with Gasteiger partial charge in [-0.1, -0.05) is 48.5 Å². The molecule has 0 saturated carbocycles. The van der Waals surface area contributed by atoms with E-state index < -0.39 is 0 Å². The Balaban J connectivity index is 1.75. The summed E-state index contributed by atoms with van der Waals surface area (Å²) in [5.74, 6) is 0.110. The number of hydrogen-bond acceptors (Lipinski definition) is 2. The van der Waals surface area contributed by atoms with Gasteiger partial charge in [-0.15, -0.1) is 0 Å². The van der Waals surface area contributed by atoms with Gasteiger partial charge in [-0.05, 0) is 48.4 Å². The molecule has 0 spiro atoms. The standard InChI is InChI=1S/C23H24N2O/c1-17(26)25(15-18-9-3-2-4-10-18)16-21-19-11-5-7-13-22(19)24-23-14-8-6-12-20(21)23/h2-5,7,9-11,13H,6,8,12,14-16H2,1H3. The lowest BCUT2D eigenvalue weighted by molar-refractivity contribution is -0.130. The first-order valence-corrected chi connectivity index (χ1v) is 9.41. The van der Waals surface area contributed by atoms with E-state index in [1.807, 2.05) is 29.2 Å². The number of nitrogens with zero attached hydrogens (tertiary/aromatic N) is 2. The Kier molecular flexibility index (Phi) is 4.70. The van der Waals surface area contributed by atoms with Gasteiger partial charge in [0.05, 0.1) is 5.52 Å². The number of rotatable bonds is 4. The topological polar surface area (TPSA) is 33.2 Å². The van der Waals surface area contributed by atoms with Crippen LogP contribution in [0.3, 0.4) is 0 Å². The number of aryl methyl sites for hydroxylation is 1. The highest BCUT2D eigenvalue weighted by Crippen LogP contribution is 2.30. The van der Waals surface area contributed by atoms with E-state index in [-0.39, 0.29) is 5.91 Å². The Bertz CT molecular complexity index is 934. The third kappa shape index (κ3) is 3.34. The van der Waals surface area contributed by atoms with Crippen molar-refractivity contribution in [2.75, 3.05) is 0 Å². The fourth-order valence-corrected chi connectivity index (χ4v) is 3.93. The Morgan fingerprint density at radius 1 is 0.962 bits per heavy atom. The quantitative estimate of drug-likeness (QED) is 0.689. The summed E-state index contributed by atoms with van der Waals surface area (Å²) in [6, 6.07) is 18.6. The van der Waals surface area contributed by atoms with Gasteiger partial charge in [0.15, 0.2) is 0 Å². The maximum absolute atomic E-state index is 12.4. The molecule has 1 heterocycles. The molecule has 0 fully saturated rings. The van der Waals surface area contributed by atoms with Gasteiger partial charge in [-0.2, -0.15) is 0 Å². The summed E-state index contributed by atoms with van der Waals surface area (Å²) < 4.78 is 0. The molecular formula is C23H24N2O. The minimum Gasteiger partial charge on any atom is -0.334 e. The van der Waals surface area contributed by atoms with E-state index in [1.54, 1.807) is 6.92 Å². The smallest absolute Gasteiger partial charge is 0.220 e. The highest BCUT2D eigenvalue weighted by atomic mass is 16.2. The normalized spacial score (nSPS) is 13.4. The molecule has 3 aromatic rings. The van der Waals surface area contributed by atoms with Crippen LogP contribution < -0.4 is 0 Å². The third-order valence-electron chi connectivity index (χ3n) is 5.30. The van der Waals surface area contributed by atoms with Crippen molar-refractivity contribution in [3.05, 3.63) is 77.0 Å². The molecule has 0 bridgehead atoms. The van der Waals surface area contributed by atoms with Crippen LogP contribution in [0.15, 0.2) is 54.6 Å². The molecule has 132 valence electrons. The zero-order chi connectivity index (χ0) is 17.9. The molecule has 4 rings (SSSR count). The van der Waals surface area contributed by atoms with Crippen molar-refractivity contribution in [3.63, 3.8) is 0 Å². The maximum Gasteiger partial charge on any atom is 0.220 e. The molecule has 0 atom stereocenters. The van der Waals surface area contributed by atoms with Crippen molar-refractivity contribution in [2.45, 2.75) is 45.7 Å². The summed E-state index contributed by atoms with van der Waals surface area (Å²) in [5.41, 5.74) is 6.10. The maximum atomic E-state index is 12.4. The van der Waals surface area contributed by atoms with Crippen molar-refractivity contribution in [3.8, 4) is 0 Å². The predicted molar refractivity (Wildman–Crippen MR) is 105 cm³/mol. The summed E-state index contributed by atoms with van der Waals surface area (Å²) in [4.78, 5) is 19.2. The largest absolute Gasteiger partial charge is 0.334 e. The first-order chi connectivity index (χ1) is 12.7. The fraction of sp³-hybridized carbons (Fsp3) is 0.304. The monoisotopic (exact) mass is 344 g/mol. The van der Waals surface area contributed by atoms with Crippen LogP contribution in [0.4, 0.5) is 0 Å². The molecule has 3 nitrogen and oxygen atoms in total. The van der Waals surface area contributed by atoms with Crippen molar-refractivity contribution in [2.24, 2.45) is 0 Å². The van der Waals surface area contributed by atoms with Gasteiger partial charge in [-0.3, -0.25) is 9.78 Å². The Morgan fingerprint density at radius 3 is 2.50 bits per heavy atom. The van der Waals surface area contributed by atoms with Gasteiger partial charge in [0.1, 0.15) is 0 Å². The Hall–Kier alpha value is -2.68. The fourth-order valence-electron chi connectivity index (χ4n) is 3.93. The molecule has 0 N–H and O–H groups in total. The van der Waals surface area contributed by atoms with Crippen LogP contribution in [0, 0.1) is 0 Å². The van der Waals surface area contributed by atoms with Gasteiger partial charge >= 0.3 is 0 Å². The number of aromatic nitrogens is 1. The molecule has 0 saturated heterocycles. The van der Waals surface area contributed by atoms with Crippen molar-refractivity contribution in [1.82, 2.24) is 9.88 Å². The molecule has 26 heavy (non-hydrogen) atoms. The minimum atomic E-state index is 0.110. The van der Waals surface area contributed by atoms with Crippen LogP contribution in [0.1, 0.15) is 42.1 Å². The van der Waals surface area contributed by atoms with Crippen molar-refractivity contribution >= 4 is 16.8 Å². The number of amides is 1. The molecule has 0 radical (unpaired) electrons. The van der Waals surface area contributed by atoms with Crippen molar-refractivity contribution in [1.29, 1.82) is 0 Å². The van der Waals surface area contributed by atoms with Crippen LogP contribution in [0.2, 0.25) is 0 Å². The van der Waals surface area contributed by atoms with E-state index in [9.17, 15) is 4.79 Å². The predicted octanol–water partition coefficient (Wildman–Crippen LogP) is 4.66. The molecular weight excluding hydrogens is 320 g/mol. The average molecular weight is 344 g/mol. The molecule has 1 aliphatic rings. The molecule has 1 amide bonds. The highest BCUT2D eigenvalue weighted by molar-refractivity contribution is 5.84. The van der Waals surface area contributed by atoms with Crippen LogP contribution >= 0.6 is 0 Å². The Morgan fingerprint density at radius 2 is 1.69 bits per heavy atom. The van der Waals surface area contributed by atoms with E-state index in [4.69, 9.17) is 4.98 Å². The third-order valence-corrected chi connectivity index (χ3v) is 5.30. The van der Waals surface area contributed by atoms with Gasteiger partial charge in [0.2, 0.25) is 5.91 Å². The van der Waals surface area contributed by atoms with Gasteiger partial charge in [-0.25, -0.2) is 0 Å². The van der Waals surface area contributed by atoms with Crippen molar-refractivity contribution < 1.29 is 4.79 Å². The van der Waals surface area contributed by atoms with Crippen LogP contribution in [0.5, 0.6) is 0 Å². The first kappa shape index (κ1) is 16.8. The Labute approximate surface area is 154 Å². The lowest BCUT2D eigenvalue weighted by Gasteiger charge is -2.26. The molecule has 0 aliphatic heterocycles. The number of para-hydroxylation sites is 1. The minimum absolute atomic E-state index is 0.110. The van der Waals surface area contributed by atoms with Gasteiger partial charge in [0, 0.05) is 31.1 Å². The zero-order valence-electron chi connectivity index (χ0n) is 15.2. The van der Waals surface area contributed by atoms with Crippen LogP contribution in [0.25, 0.3) is 10.9 Å². The summed E-state index contributed by atoms with van der Waals surface area (Å²) in [7, 11) is 0. The SMILES string of the molecule is CC(=O)N(Cc1ccccc1)Cc1c2c(nc3ccccc13)CCCC2. The molecule has 1 aromatic heterocycles. The van der Waals surface area contributed by atoms with Crippen LogP contribution in [-0.4, -0.2) is 15.8 Å².